The maximum absolute atomic E-state index is 13.9. The van der Waals surface area contributed by atoms with Gasteiger partial charge in [-0.1, -0.05) is 6.92 Å². The number of Topliss-reactive ketones (excluding diaryl/α,β-unsaturated/α-hetero) is 1. The number of aliphatic carboxylic acids is 1. The molecule has 1 aliphatic heterocycles. The molecule has 6 unspecified atom stereocenters. The van der Waals surface area contributed by atoms with E-state index >= 15 is 0 Å². The summed E-state index contributed by atoms with van der Waals surface area (Å²) in [5, 5.41) is 31.4. The molecule has 0 bridgehead atoms. The number of allylic oxidation sites excluding steroid dienone is 1. The normalized spacial score (nSPS) is 36.1. The Morgan fingerprint density at radius 2 is 1.92 bits per heavy atom. The Labute approximate surface area is 214 Å². The molecule has 1 heterocycles. The molecular weight excluding hydrogens is 486 g/mol. The number of likely N-dealkylation sites (N-methyl/N-ethyl adjacent to an activating group) is 1. The van der Waals surface area contributed by atoms with Crippen molar-refractivity contribution in [1.29, 1.82) is 0 Å². The molecule has 37 heavy (non-hydrogen) atoms. The number of hydrogen-bond donors (Lipinski definition) is 3. The molecule has 0 spiro atoms. The van der Waals surface area contributed by atoms with Gasteiger partial charge in [0.25, 0.3) is 0 Å². The molecule has 3 N–H and O–H groups in total. The fraction of sp³-hybridized carbons (Fsp3) is 0.615. The smallest absolute Gasteiger partial charge is 0.340 e. The molecule has 0 radical (unpaired) electrons. The maximum Gasteiger partial charge on any atom is 0.340 e. The molecule has 0 amide bonds. The summed E-state index contributed by atoms with van der Waals surface area (Å²) in [4.78, 5) is 51.7. The Hall–Kier alpha value is -3.18. The van der Waals surface area contributed by atoms with Crippen LogP contribution >= 0.6 is 0 Å². The lowest BCUT2D eigenvalue weighted by Crippen LogP contribution is -2.57. The predicted molar refractivity (Wildman–Crippen MR) is 127 cm³/mol. The second kappa shape index (κ2) is 9.29. The summed E-state index contributed by atoms with van der Waals surface area (Å²) in [6.07, 6.45) is -0.268. The molecule has 1 saturated carbocycles. The molecule has 6 atom stereocenters. The maximum atomic E-state index is 13.9. The molecule has 2 fully saturated rings. The van der Waals surface area contributed by atoms with Crippen LogP contribution in [0, 0.1) is 16.7 Å². The molecule has 3 aliphatic carbocycles. The van der Waals surface area contributed by atoms with Crippen molar-refractivity contribution in [2.45, 2.75) is 58.3 Å². The Morgan fingerprint density at radius 3 is 2.51 bits per heavy atom. The minimum atomic E-state index is -1.35. The van der Waals surface area contributed by atoms with Crippen molar-refractivity contribution in [2.24, 2.45) is 16.7 Å². The molecule has 4 rings (SSSR count). The van der Waals surface area contributed by atoms with Gasteiger partial charge in [0, 0.05) is 43.8 Å². The van der Waals surface area contributed by atoms with Crippen LogP contribution in [0.1, 0.15) is 40.0 Å². The van der Waals surface area contributed by atoms with Crippen LogP contribution in [-0.4, -0.2) is 89.5 Å². The SMILES string of the molecule is COCC1OC(=O)/C(=C\N(C)CC(=O)O)C2=C(O)C(=O)C3=C(C(OC(C)=O)CC4(C)C(O)CCC34)C21C. The average Bonchev–Trinajstić information content (AvgIpc) is 3.08. The summed E-state index contributed by atoms with van der Waals surface area (Å²) in [5.74, 6) is -4.36. The van der Waals surface area contributed by atoms with Crippen molar-refractivity contribution in [3.63, 3.8) is 0 Å². The first kappa shape index (κ1) is 26.9. The topological polar surface area (TPSA) is 160 Å². The average molecular weight is 520 g/mol. The Bertz CT molecular complexity index is 1150. The van der Waals surface area contributed by atoms with Gasteiger partial charge in [-0.3, -0.25) is 14.4 Å². The summed E-state index contributed by atoms with van der Waals surface area (Å²) in [6, 6.07) is 0. The first-order valence-electron chi connectivity index (χ1n) is 12.2. The second-order valence-corrected chi connectivity index (χ2v) is 10.7. The van der Waals surface area contributed by atoms with Gasteiger partial charge in [-0.2, -0.15) is 0 Å². The van der Waals surface area contributed by atoms with Crippen molar-refractivity contribution < 1.29 is 48.7 Å². The van der Waals surface area contributed by atoms with Gasteiger partial charge in [0.15, 0.2) is 5.76 Å². The molecule has 4 aliphatic rings. The monoisotopic (exact) mass is 519 g/mol. The van der Waals surface area contributed by atoms with E-state index in [2.05, 4.69) is 0 Å². The van der Waals surface area contributed by atoms with Gasteiger partial charge in [-0.25, -0.2) is 4.79 Å². The van der Waals surface area contributed by atoms with E-state index in [4.69, 9.17) is 14.2 Å². The van der Waals surface area contributed by atoms with E-state index in [1.807, 2.05) is 6.92 Å². The van der Waals surface area contributed by atoms with Gasteiger partial charge in [0.1, 0.15) is 18.8 Å². The number of rotatable bonds is 6. The van der Waals surface area contributed by atoms with Crippen LogP contribution in [0.15, 0.2) is 34.3 Å². The number of esters is 2. The van der Waals surface area contributed by atoms with E-state index in [-0.39, 0.29) is 29.7 Å². The number of carbonyl (C=O) groups is 4. The molecule has 0 aromatic heterocycles. The lowest BCUT2D eigenvalue weighted by Gasteiger charge is -2.54. The van der Waals surface area contributed by atoms with Crippen molar-refractivity contribution in [3.05, 3.63) is 34.3 Å². The summed E-state index contributed by atoms with van der Waals surface area (Å²) >= 11 is 0. The van der Waals surface area contributed by atoms with Crippen molar-refractivity contribution >= 4 is 23.7 Å². The number of carboxylic acids is 1. The zero-order valence-corrected chi connectivity index (χ0v) is 21.6. The number of ether oxygens (including phenoxy) is 3. The third-order valence-corrected chi connectivity index (χ3v) is 8.39. The van der Waals surface area contributed by atoms with E-state index in [1.165, 1.54) is 32.2 Å². The van der Waals surface area contributed by atoms with Gasteiger partial charge in [-0.05, 0) is 37.7 Å². The van der Waals surface area contributed by atoms with E-state index in [1.54, 1.807) is 6.92 Å². The first-order chi connectivity index (χ1) is 17.3. The highest BCUT2D eigenvalue weighted by Crippen LogP contribution is 2.63. The van der Waals surface area contributed by atoms with E-state index in [0.29, 0.717) is 18.4 Å². The van der Waals surface area contributed by atoms with Crippen LogP contribution in [0.4, 0.5) is 0 Å². The summed E-state index contributed by atoms with van der Waals surface area (Å²) in [6.45, 7) is 4.27. The van der Waals surface area contributed by atoms with Crippen LogP contribution in [0.2, 0.25) is 0 Å². The fourth-order valence-corrected chi connectivity index (χ4v) is 6.75. The van der Waals surface area contributed by atoms with Gasteiger partial charge in [0.05, 0.1) is 23.7 Å². The lowest BCUT2D eigenvalue weighted by molar-refractivity contribution is -0.161. The van der Waals surface area contributed by atoms with E-state index < -0.39 is 71.1 Å². The highest BCUT2D eigenvalue weighted by Gasteiger charge is 2.64. The van der Waals surface area contributed by atoms with E-state index in [9.17, 15) is 34.5 Å². The number of fused-ring (bicyclic) bond motifs is 4. The molecule has 202 valence electrons. The van der Waals surface area contributed by atoms with E-state index in [0.717, 1.165) is 0 Å². The van der Waals surface area contributed by atoms with Crippen LogP contribution in [0.3, 0.4) is 0 Å². The summed E-state index contributed by atoms with van der Waals surface area (Å²) in [7, 11) is 2.86. The third-order valence-electron chi connectivity index (χ3n) is 8.39. The molecule has 11 nitrogen and oxygen atoms in total. The Kier molecular flexibility index (Phi) is 6.74. The van der Waals surface area contributed by atoms with Gasteiger partial charge < -0.3 is 34.4 Å². The van der Waals surface area contributed by atoms with Crippen LogP contribution in [-0.2, 0) is 33.4 Å². The van der Waals surface area contributed by atoms with Crippen LogP contribution in [0.25, 0.3) is 0 Å². The zero-order valence-electron chi connectivity index (χ0n) is 21.6. The van der Waals surface area contributed by atoms with Crippen LogP contribution in [0.5, 0.6) is 0 Å². The number of carbonyl (C=O) groups excluding carboxylic acids is 3. The largest absolute Gasteiger partial charge is 0.504 e. The standard InChI is InChI=1S/C26H33NO10/c1-12(28)36-15-8-25(2)14(6-7-16(25)29)19-21(15)26(3)17(11-35-5)37-24(34)13(9-27(4)10-18(30)31)20(26)23(33)22(19)32/h9,14-17,29,33H,6-8,10-11H2,1-5H3,(H,30,31)/b13-9-. The number of cyclic esters (lactones) is 1. The minimum Gasteiger partial charge on any atom is -0.504 e. The van der Waals surface area contributed by atoms with Gasteiger partial charge in [0.2, 0.25) is 5.78 Å². The van der Waals surface area contributed by atoms with Crippen LogP contribution < -0.4 is 0 Å². The van der Waals surface area contributed by atoms with Gasteiger partial charge >= 0.3 is 17.9 Å². The quantitative estimate of drug-likeness (QED) is 0.342. The predicted octanol–water partition coefficient (Wildman–Crippen LogP) is 1.27. The zero-order chi connectivity index (χ0) is 27.4. The number of aliphatic hydroxyl groups is 2. The number of carboxylic acid groups (broad SMARTS) is 1. The lowest BCUT2D eigenvalue weighted by atomic mass is 9.53. The minimum absolute atomic E-state index is 0.0221. The number of methoxy groups -OCH3 is 1. The number of nitrogens with zero attached hydrogens (tertiary/aromatic N) is 1. The molecular formula is C26H33NO10. The highest BCUT2D eigenvalue weighted by molar-refractivity contribution is 6.13. The number of hydrogen-bond acceptors (Lipinski definition) is 10. The number of ketones is 1. The number of aliphatic hydroxyl groups excluding tert-OH is 2. The highest BCUT2D eigenvalue weighted by atomic mass is 16.6. The van der Waals surface area contributed by atoms with Crippen molar-refractivity contribution in [2.75, 3.05) is 27.3 Å². The van der Waals surface area contributed by atoms with Crippen molar-refractivity contribution in [3.8, 4) is 0 Å². The second-order valence-electron chi connectivity index (χ2n) is 10.7. The molecule has 0 aromatic carbocycles. The first-order valence-corrected chi connectivity index (χ1v) is 12.2. The summed E-state index contributed by atoms with van der Waals surface area (Å²) < 4.78 is 16.9. The van der Waals surface area contributed by atoms with Crippen molar-refractivity contribution in [1.82, 2.24) is 4.90 Å². The third kappa shape index (κ3) is 4.04. The molecule has 1 saturated heterocycles. The van der Waals surface area contributed by atoms with Gasteiger partial charge in [-0.15, -0.1) is 0 Å². The molecule has 0 aromatic rings. The fourth-order valence-electron chi connectivity index (χ4n) is 6.75. The summed E-state index contributed by atoms with van der Waals surface area (Å²) in [5.41, 5.74) is -1.63. The Morgan fingerprint density at radius 1 is 1.24 bits per heavy atom. The molecule has 11 heteroatoms. The Balaban J connectivity index is 2.00.